The van der Waals surface area contributed by atoms with Gasteiger partial charge < -0.3 is 4.74 Å². The first kappa shape index (κ1) is 16.9. The van der Waals surface area contributed by atoms with Gasteiger partial charge in [-0.3, -0.25) is 9.89 Å². The standard InChI is InChI=1S/C18H18N4O2S/c1-3-24-14-7-4-6-13(10-14)15-11-16(21-20-15)18(23)22-19-12(2)17-8-5-9-25-17/h4-11H,3H2,1-2H3,(H,20,21)(H,22,23). The Morgan fingerprint density at radius 3 is 2.96 bits per heavy atom. The summed E-state index contributed by atoms with van der Waals surface area (Å²) in [5, 5.41) is 13.0. The quantitative estimate of drug-likeness (QED) is 0.523. The Balaban J connectivity index is 1.71. The SMILES string of the molecule is CCOc1cccc(-c2cc(C(=O)NN=C(C)c3cccs3)[nH]n2)c1. The third kappa shape index (κ3) is 4.13. The Morgan fingerprint density at radius 2 is 2.20 bits per heavy atom. The second kappa shape index (κ2) is 7.76. The smallest absolute Gasteiger partial charge is 0.289 e. The van der Waals surface area contributed by atoms with Gasteiger partial charge in [0.15, 0.2) is 0 Å². The number of amides is 1. The molecule has 0 aliphatic heterocycles. The summed E-state index contributed by atoms with van der Waals surface area (Å²) < 4.78 is 5.49. The topological polar surface area (TPSA) is 79.4 Å². The molecule has 6 nitrogen and oxygen atoms in total. The highest BCUT2D eigenvalue weighted by atomic mass is 32.1. The highest BCUT2D eigenvalue weighted by Gasteiger charge is 2.11. The van der Waals surface area contributed by atoms with Crippen LogP contribution in [0.15, 0.2) is 52.9 Å². The minimum absolute atomic E-state index is 0.337. The van der Waals surface area contributed by atoms with Crippen molar-refractivity contribution in [1.29, 1.82) is 0 Å². The van der Waals surface area contributed by atoms with Gasteiger partial charge in [-0.05, 0) is 43.5 Å². The van der Waals surface area contributed by atoms with E-state index in [1.807, 2.05) is 55.6 Å². The van der Waals surface area contributed by atoms with E-state index in [2.05, 4.69) is 20.7 Å². The first-order valence-corrected chi connectivity index (χ1v) is 8.72. The van der Waals surface area contributed by atoms with Crippen molar-refractivity contribution in [3.8, 4) is 17.0 Å². The highest BCUT2D eigenvalue weighted by Crippen LogP contribution is 2.22. The van der Waals surface area contributed by atoms with Crippen molar-refractivity contribution in [3.63, 3.8) is 0 Å². The Hall–Kier alpha value is -2.93. The number of rotatable bonds is 6. The van der Waals surface area contributed by atoms with Crippen LogP contribution in [0.25, 0.3) is 11.3 Å². The fraction of sp³-hybridized carbons (Fsp3) is 0.167. The lowest BCUT2D eigenvalue weighted by Gasteiger charge is -2.03. The van der Waals surface area contributed by atoms with Crippen LogP contribution in [0.3, 0.4) is 0 Å². The van der Waals surface area contributed by atoms with E-state index >= 15 is 0 Å². The van der Waals surface area contributed by atoms with E-state index in [-0.39, 0.29) is 5.91 Å². The van der Waals surface area contributed by atoms with Crippen molar-refractivity contribution in [3.05, 3.63) is 58.4 Å². The van der Waals surface area contributed by atoms with Crippen molar-refractivity contribution in [2.24, 2.45) is 5.10 Å². The molecule has 25 heavy (non-hydrogen) atoms. The van der Waals surface area contributed by atoms with Crippen LogP contribution in [0.4, 0.5) is 0 Å². The lowest BCUT2D eigenvalue weighted by molar-refractivity contribution is 0.0950. The Bertz CT molecular complexity index is 884. The number of nitrogens with one attached hydrogen (secondary N) is 2. The van der Waals surface area contributed by atoms with Crippen molar-refractivity contribution < 1.29 is 9.53 Å². The number of aromatic amines is 1. The van der Waals surface area contributed by atoms with Crippen LogP contribution >= 0.6 is 11.3 Å². The lowest BCUT2D eigenvalue weighted by Crippen LogP contribution is -2.19. The number of hydrogen-bond donors (Lipinski definition) is 2. The Morgan fingerprint density at radius 1 is 1.32 bits per heavy atom. The summed E-state index contributed by atoms with van der Waals surface area (Å²) in [5.74, 6) is 0.431. The van der Waals surface area contributed by atoms with Crippen molar-refractivity contribution in [2.75, 3.05) is 6.61 Å². The Labute approximate surface area is 149 Å². The number of ether oxygens (including phenoxy) is 1. The minimum atomic E-state index is -0.337. The average molecular weight is 354 g/mol. The van der Waals surface area contributed by atoms with E-state index in [0.29, 0.717) is 18.0 Å². The minimum Gasteiger partial charge on any atom is -0.494 e. The van der Waals surface area contributed by atoms with Crippen molar-refractivity contribution in [2.45, 2.75) is 13.8 Å². The number of hydrazone groups is 1. The molecule has 0 unspecified atom stereocenters. The highest BCUT2D eigenvalue weighted by molar-refractivity contribution is 7.12. The molecule has 0 spiro atoms. The van der Waals surface area contributed by atoms with Crippen LogP contribution < -0.4 is 10.2 Å². The predicted octanol–water partition coefficient (Wildman–Crippen LogP) is 3.69. The molecule has 1 amide bonds. The molecule has 1 aromatic carbocycles. The van der Waals surface area contributed by atoms with Crippen molar-refractivity contribution in [1.82, 2.24) is 15.6 Å². The monoisotopic (exact) mass is 354 g/mol. The fourth-order valence-electron chi connectivity index (χ4n) is 2.23. The van der Waals surface area contributed by atoms with Gasteiger partial charge in [0.25, 0.3) is 5.91 Å². The lowest BCUT2D eigenvalue weighted by atomic mass is 10.1. The van der Waals surface area contributed by atoms with E-state index in [9.17, 15) is 4.79 Å². The number of hydrogen-bond acceptors (Lipinski definition) is 5. The molecule has 0 atom stereocenters. The molecule has 0 fully saturated rings. The zero-order chi connectivity index (χ0) is 17.6. The van der Waals surface area contributed by atoms with E-state index in [0.717, 1.165) is 21.9 Å². The second-order valence-electron chi connectivity index (χ2n) is 5.24. The molecule has 7 heteroatoms. The third-order valence-electron chi connectivity index (χ3n) is 3.47. The van der Waals surface area contributed by atoms with Gasteiger partial charge in [0.05, 0.1) is 18.0 Å². The summed E-state index contributed by atoms with van der Waals surface area (Å²) in [6.45, 7) is 4.38. The molecule has 0 bridgehead atoms. The largest absolute Gasteiger partial charge is 0.494 e. The molecular formula is C18H18N4O2S. The average Bonchev–Trinajstić information content (AvgIpc) is 3.31. The summed E-state index contributed by atoms with van der Waals surface area (Å²) in [4.78, 5) is 13.2. The van der Waals surface area contributed by atoms with Gasteiger partial charge >= 0.3 is 0 Å². The fourth-order valence-corrected chi connectivity index (χ4v) is 2.91. The predicted molar refractivity (Wildman–Crippen MR) is 99.2 cm³/mol. The van der Waals surface area contributed by atoms with Crippen LogP contribution in [-0.2, 0) is 0 Å². The number of benzene rings is 1. The van der Waals surface area contributed by atoms with Crippen LogP contribution in [-0.4, -0.2) is 28.4 Å². The van der Waals surface area contributed by atoms with Gasteiger partial charge in [-0.1, -0.05) is 18.2 Å². The van der Waals surface area contributed by atoms with E-state index in [1.165, 1.54) is 0 Å². The summed E-state index contributed by atoms with van der Waals surface area (Å²) in [5.41, 5.74) is 5.19. The molecule has 0 aliphatic rings. The van der Waals surface area contributed by atoms with E-state index in [4.69, 9.17) is 4.74 Å². The van der Waals surface area contributed by atoms with Crippen LogP contribution in [0.2, 0.25) is 0 Å². The molecule has 0 radical (unpaired) electrons. The van der Waals surface area contributed by atoms with Crippen LogP contribution in [0.5, 0.6) is 5.75 Å². The number of H-pyrrole nitrogens is 1. The van der Waals surface area contributed by atoms with Gasteiger partial charge in [-0.2, -0.15) is 10.2 Å². The molecule has 3 rings (SSSR count). The van der Waals surface area contributed by atoms with Gasteiger partial charge in [0.2, 0.25) is 0 Å². The first-order valence-electron chi connectivity index (χ1n) is 7.84. The summed E-state index contributed by atoms with van der Waals surface area (Å²) in [6.07, 6.45) is 0. The maximum absolute atomic E-state index is 12.2. The zero-order valence-corrected chi connectivity index (χ0v) is 14.8. The molecule has 2 N–H and O–H groups in total. The summed E-state index contributed by atoms with van der Waals surface area (Å²) in [6, 6.07) is 13.2. The summed E-state index contributed by atoms with van der Waals surface area (Å²) in [7, 11) is 0. The second-order valence-corrected chi connectivity index (χ2v) is 6.19. The molecule has 128 valence electrons. The maximum Gasteiger partial charge on any atom is 0.289 e. The van der Waals surface area contributed by atoms with Gasteiger partial charge in [-0.15, -0.1) is 11.3 Å². The molecule has 2 aromatic heterocycles. The van der Waals surface area contributed by atoms with Gasteiger partial charge in [0, 0.05) is 10.4 Å². The normalized spacial score (nSPS) is 11.4. The van der Waals surface area contributed by atoms with Gasteiger partial charge in [-0.25, -0.2) is 5.43 Å². The third-order valence-corrected chi connectivity index (χ3v) is 4.44. The van der Waals surface area contributed by atoms with Crippen LogP contribution in [0, 0.1) is 0 Å². The van der Waals surface area contributed by atoms with Gasteiger partial charge in [0.1, 0.15) is 11.4 Å². The van der Waals surface area contributed by atoms with Crippen LogP contribution in [0.1, 0.15) is 29.2 Å². The van der Waals surface area contributed by atoms with E-state index < -0.39 is 0 Å². The zero-order valence-electron chi connectivity index (χ0n) is 13.9. The number of aromatic nitrogens is 2. The summed E-state index contributed by atoms with van der Waals surface area (Å²) >= 11 is 1.57. The number of carbonyl (C=O) groups excluding carboxylic acids is 1. The number of thiophene rings is 1. The van der Waals surface area contributed by atoms with E-state index in [1.54, 1.807) is 17.4 Å². The molecule has 3 aromatic rings. The maximum atomic E-state index is 12.2. The molecular weight excluding hydrogens is 336 g/mol. The number of carbonyl (C=O) groups is 1. The molecule has 0 saturated heterocycles. The number of nitrogens with zero attached hydrogens (tertiary/aromatic N) is 2. The molecule has 2 heterocycles. The first-order chi connectivity index (χ1) is 12.2. The Kier molecular flexibility index (Phi) is 5.25. The molecule has 0 saturated carbocycles. The molecule has 0 aliphatic carbocycles. The van der Waals surface area contributed by atoms with Crippen molar-refractivity contribution >= 4 is 23.0 Å².